The summed E-state index contributed by atoms with van der Waals surface area (Å²) in [4.78, 5) is 4.10. The Kier molecular flexibility index (Phi) is 2.17. The molecule has 0 aromatic heterocycles. The number of rotatable bonds is 2. The van der Waals surface area contributed by atoms with Crippen LogP contribution in [0.3, 0.4) is 0 Å². The van der Waals surface area contributed by atoms with E-state index < -0.39 is 0 Å². The quantitative estimate of drug-likeness (QED) is 0.688. The van der Waals surface area contributed by atoms with Crippen LogP contribution < -0.4 is 11.1 Å². The number of nitrogens with one attached hydrogen (secondary N) is 1. The summed E-state index contributed by atoms with van der Waals surface area (Å²) in [5.74, 6) is 0.570. The smallest absolute Gasteiger partial charge is 0.188 e. The molecule has 0 unspecified atom stereocenters. The molecule has 0 spiro atoms. The van der Waals surface area contributed by atoms with Crippen LogP contribution in [-0.4, -0.2) is 18.5 Å². The maximum absolute atomic E-state index is 5.52. The van der Waals surface area contributed by atoms with E-state index in [2.05, 4.69) is 34.6 Å². The van der Waals surface area contributed by atoms with Crippen molar-refractivity contribution < 1.29 is 0 Å². The first-order valence-corrected chi connectivity index (χ1v) is 4.45. The van der Waals surface area contributed by atoms with Crippen LogP contribution in [0.2, 0.25) is 0 Å². The van der Waals surface area contributed by atoms with Gasteiger partial charge in [-0.05, 0) is 12.0 Å². The minimum Gasteiger partial charge on any atom is -0.370 e. The summed E-state index contributed by atoms with van der Waals surface area (Å²) in [5.41, 5.74) is 6.84. The third-order valence-electron chi connectivity index (χ3n) is 2.16. The van der Waals surface area contributed by atoms with Crippen molar-refractivity contribution in [2.45, 2.75) is 12.5 Å². The van der Waals surface area contributed by atoms with Gasteiger partial charge in [-0.15, -0.1) is 0 Å². The van der Waals surface area contributed by atoms with Crippen LogP contribution in [0.5, 0.6) is 0 Å². The number of hydrogen-bond donors (Lipinski definition) is 2. The molecule has 0 bridgehead atoms. The van der Waals surface area contributed by atoms with Crippen molar-refractivity contribution in [2.24, 2.45) is 10.7 Å². The molecular weight excluding hydrogens is 162 g/mol. The second kappa shape index (κ2) is 3.47. The van der Waals surface area contributed by atoms with E-state index in [4.69, 9.17) is 5.73 Å². The minimum absolute atomic E-state index is 0.377. The van der Waals surface area contributed by atoms with Gasteiger partial charge >= 0.3 is 0 Å². The second-order valence-corrected chi connectivity index (χ2v) is 3.26. The van der Waals surface area contributed by atoms with Gasteiger partial charge in [-0.2, -0.15) is 0 Å². The van der Waals surface area contributed by atoms with Crippen molar-refractivity contribution in [3.05, 3.63) is 35.9 Å². The summed E-state index contributed by atoms with van der Waals surface area (Å²) >= 11 is 0. The lowest BCUT2D eigenvalue weighted by Crippen LogP contribution is -2.36. The standard InChI is InChI=1S/C10H13N3/c11-10-12-7-9(13-10)6-8-4-2-1-3-5-8/h1-5,9H,6-7H2,(H3,11,12,13)/t9-/m0/s1. The van der Waals surface area contributed by atoms with E-state index in [1.807, 2.05) is 6.07 Å². The molecular formula is C10H13N3. The van der Waals surface area contributed by atoms with Gasteiger partial charge in [0.05, 0.1) is 12.6 Å². The Bertz CT molecular complexity index is 305. The number of nitrogens with zero attached hydrogens (tertiary/aromatic N) is 1. The van der Waals surface area contributed by atoms with Crippen LogP contribution in [-0.2, 0) is 6.42 Å². The van der Waals surface area contributed by atoms with Gasteiger partial charge in [0.2, 0.25) is 0 Å². The number of hydrogen-bond acceptors (Lipinski definition) is 3. The minimum atomic E-state index is 0.377. The molecule has 1 aromatic rings. The van der Waals surface area contributed by atoms with Crippen LogP contribution in [0.25, 0.3) is 0 Å². The van der Waals surface area contributed by atoms with Crippen molar-refractivity contribution in [3.63, 3.8) is 0 Å². The summed E-state index contributed by atoms with van der Waals surface area (Å²) in [6.45, 7) is 0.792. The summed E-state index contributed by atoms with van der Waals surface area (Å²) in [6, 6.07) is 10.7. The first kappa shape index (κ1) is 8.10. The fraction of sp³-hybridized carbons (Fsp3) is 0.300. The molecule has 1 aromatic carbocycles. The van der Waals surface area contributed by atoms with E-state index >= 15 is 0 Å². The average molecular weight is 175 g/mol. The van der Waals surface area contributed by atoms with Gasteiger partial charge in [0.15, 0.2) is 5.96 Å². The van der Waals surface area contributed by atoms with Crippen LogP contribution in [0.15, 0.2) is 35.3 Å². The summed E-state index contributed by atoms with van der Waals surface area (Å²) < 4.78 is 0. The average Bonchev–Trinajstić information content (AvgIpc) is 2.53. The number of benzene rings is 1. The van der Waals surface area contributed by atoms with Crippen molar-refractivity contribution in [3.8, 4) is 0 Å². The van der Waals surface area contributed by atoms with Gasteiger partial charge in [0, 0.05) is 0 Å². The topological polar surface area (TPSA) is 50.4 Å². The van der Waals surface area contributed by atoms with E-state index in [9.17, 15) is 0 Å². The highest BCUT2D eigenvalue weighted by molar-refractivity contribution is 5.79. The van der Waals surface area contributed by atoms with E-state index in [1.54, 1.807) is 0 Å². The molecule has 1 heterocycles. The fourth-order valence-corrected chi connectivity index (χ4v) is 1.52. The molecule has 0 saturated heterocycles. The third kappa shape index (κ3) is 1.99. The molecule has 3 heteroatoms. The molecule has 0 aliphatic carbocycles. The predicted molar refractivity (Wildman–Crippen MR) is 53.6 cm³/mol. The maximum Gasteiger partial charge on any atom is 0.188 e. The predicted octanol–water partition coefficient (Wildman–Crippen LogP) is 0.516. The molecule has 1 aliphatic heterocycles. The molecule has 68 valence electrons. The lowest BCUT2D eigenvalue weighted by atomic mass is 10.1. The Morgan fingerprint density at radius 3 is 2.77 bits per heavy atom. The second-order valence-electron chi connectivity index (χ2n) is 3.26. The Morgan fingerprint density at radius 2 is 2.15 bits per heavy atom. The zero-order chi connectivity index (χ0) is 9.10. The molecule has 0 saturated carbocycles. The molecule has 0 radical (unpaired) electrons. The van der Waals surface area contributed by atoms with Crippen LogP contribution in [0.4, 0.5) is 0 Å². The first-order chi connectivity index (χ1) is 6.34. The Labute approximate surface area is 77.7 Å². The molecule has 13 heavy (non-hydrogen) atoms. The summed E-state index contributed by atoms with van der Waals surface area (Å²) in [7, 11) is 0. The molecule has 1 atom stereocenters. The number of aliphatic imine (C=N–C) groups is 1. The largest absolute Gasteiger partial charge is 0.370 e. The molecule has 0 fully saturated rings. The monoisotopic (exact) mass is 175 g/mol. The van der Waals surface area contributed by atoms with Gasteiger partial charge in [-0.1, -0.05) is 30.3 Å². The van der Waals surface area contributed by atoms with Gasteiger partial charge < -0.3 is 11.1 Å². The number of nitrogens with two attached hydrogens (primary N) is 1. The maximum atomic E-state index is 5.52. The van der Waals surface area contributed by atoms with E-state index in [-0.39, 0.29) is 0 Å². The zero-order valence-corrected chi connectivity index (χ0v) is 7.40. The normalized spacial score (nSPS) is 20.9. The Balaban J connectivity index is 1.94. The van der Waals surface area contributed by atoms with Crippen molar-refractivity contribution >= 4 is 5.96 Å². The van der Waals surface area contributed by atoms with Gasteiger partial charge in [-0.3, -0.25) is 4.99 Å². The zero-order valence-electron chi connectivity index (χ0n) is 7.40. The van der Waals surface area contributed by atoms with E-state index in [0.29, 0.717) is 12.0 Å². The highest BCUT2D eigenvalue weighted by Gasteiger charge is 2.14. The lowest BCUT2D eigenvalue weighted by Gasteiger charge is -2.09. The molecule has 2 rings (SSSR count). The molecule has 3 nitrogen and oxygen atoms in total. The first-order valence-electron chi connectivity index (χ1n) is 4.45. The van der Waals surface area contributed by atoms with Gasteiger partial charge in [-0.25, -0.2) is 0 Å². The van der Waals surface area contributed by atoms with Gasteiger partial charge in [0.1, 0.15) is 0 Å². The van der Waals surface area contributed by atoms with E-state index in [0.717, 1.165) is 13.0 Å². The summed E-state index contributed by atoms with van der Waals surface area (Å²) in [5, 5.41) is 3.13. The van der Waals surface area contributed by atoms with Crippen LogP contribution in [0.1, 0.15) is 5.56 Å². The van der Waals surface area contributed by atoms with Crippen molar-refractivity contribution in [2.75, 3.05) is 6.54 Å². The number of guanidine groups is 1. The molecule has 0 amide bonds. The molecule has 3 N–H and O–H groups in total. The lowest BCUT2D eigenvalue weighted by molar-refractivity contribution is 0.653. The highest BCUT2D eigenvalue weighted by atomic mass is 15.2. The van der Waals surface area contributed by atoms with E-state index in [1.165, 1.54) is 5.56 Å². The van der Waals surface area contributed by atoms with Crippen molar-refractivity contribution in [1.29, 1.82) is 0 Å². The van der Waals surface area contributed by atoms with Crippen LogP contribution >= 0.6 is 0 Å². The van der Waals surface area contributed by atoms with Crippen LogP contribution in [0, 0.1) is 0 Å². The van der Waals surface area contributed by atoms with Crippen molar-refractivity contribution in [1.82, 2.24) is 5.32 Å². The fourth-order valence-electron chi connectivity index (χ4n) is 1.52. The summed E-state index contributed by atoms with van der Waals surface area (Å²) in [6.07, 6.45) is 0.991. The highest BCUT2D eigenvalue weighted by Crippen LogP contribution is 2.05. The van der Waals surface area contributed by atoms with Gasteiger partial charge in [0.25, 0.3) is 0 Å². The Hall–Kier alpha value is -1.51. The third-order valence-corrected chi connectivity index (χ3v) is 2.16. The SMILES string of the molecule is NC1=NC[C@H](Cc2ccccc2)N1. The Morgan fingerprint density at radius 1 is 1.38 bits per heavy atom. The molecule has 1 aliphatic rings.